The quantitative estimate of drug-likeness (QED) is 0.264. The van der Waals surface area contributed by atoms with Crippen molar-refractivity contribution in [3.63, 3.8) is 0 Å². The van der Waals surface area contributed by atoms with Crippen molar-refractivity contribution in [3.05, 3.63) is 65.4 Å². The van der Waals surface area contributed by atoms with Crippen molar-refractivity contribution >= 4 is 28.5 Å². The second-order valence-corrected chi connectivity index (χ2v) is 9.76. The van der Waals surface area contributed by atoms with Crippen molar-refractivity contribution in [2.45, 2.75) is 43.9 Å². The van der Waals surface area contributed by atoms with Crippen LogP contribution in [-0.2, 0) is 6.54 Å². The number of nitrogens with two attached hydrogens (primary N) is 2. The van der Waals surface area contributed by atoms with Gasteiger partial charge in [0.25, 0.3) is 11.8 Å². The molecule has 4 heterocycles. The van der Waals surface area contributed by atoms with Gasteiger partial charge in [0, 0.05) is 35.8 Å². The summed E-state index contributed by atoms with van der Waals surface area (Å²) in [5.41, 5.74) is 15.9. The first-order chi connectivity index (χ1) is 17.9. The van der Waals surface area contributed by atoms with Gasteiger partial charge in [-0.15, -0.1) is 0 Å². The molecule has 7 rings (SSSR count). The molecule has 10 heteroatoms. The molecule has 10 nitrogen and oxygen atoms in total. The highest BCUT2D eigenvalue weighted by atomic mass is 16.5. The van der Waals surface area contributed by atoms with Crippen LogP contribution in [0.2, 0.25) is 0 Å². The number of methoxy groups -OCH3 is 1. The van der Waals surface area contributed by atoms with Gasteiger partial charge in [0.15, 0.2) is 0 Å². The van der Waals surface area contributed by atoms with Crippen LogP contribution in [0.15, 0.2) is 48.7 Å². The number of aromatic amines is 1. The van der Waals surface area contributed by atoms with Gasteiger partial charge in [-0.05, 0) is 43.0 Å². The van der Waals surface area contributed by atoms with Crippen molar-refractivity contribution in [2.24, 2.45) is 5.73 Å². The number of nitrogen functional groups attached to an aromatic ring is 1. The molecule has 2 saturated heterocycles. The molecule has 7 N–H and O–H groups in total. The van der Waals surface area contributed by atoms with E-state index in [1.807, 2.05) is 30.5 Å². The van der Waals surface area contributed by atoms with Crippen molar-refractivity contribution in [1.29, 1.82) is 0 Å². The molecule has 2 aliphatic heterocycles. The summed E-state index contributed by atoms with van der Waals surface area (Å²) in [6, 6.07) is 13.9. The molecular formula is C27H29N7O3. The van der Waals surface area contributed by atoms with E-state index < -0.39 is 5.91 Å². The Kier molecular flexibility index (Phi) is 5.60. The van der Waals surface area contributed by atoms with Crippen molar-refractivity contribution in [3.8, 4) is 17.0 Å². The number of nitrogens with zero attached hydrogens (tertiary/aromatic N) is 2. The molecule has 2 aromatic carbocycles. The maximum atomic E-state index is 12.8. The van der Waals surface area contributed by atoms with Gasteiger partial charge in [-0.1, -0.05) is 24.3 Å². The number of carbonyl (C=O) groups excluding carboxylic acids is 2. The molecule has 4 aromatic rings. The zero-order valence-electron chi connectivity index (χ0n) is 20.5. The summed E-state index contributed by atoms with van der Waals surface area (Å²) >= 11 is 0. The average molecular weight is 500 g/mol. The number of amides is 2. The SMILES string of the molecule is COc1ccccc1C(=O)NCc1ccc(-c2nn(C3CC4CC(C3)N4)c(N)c2C(N)=O)c2cc[nH]c12. The predicted octanol–water partition coefficient (Wildman–Crippen LogP) is 2.72. The summed E-state index contributed by atoms with van der Waals surface area (Å²) in [6.07, 6.45) is 4.84. The van der Waals surface area contributed by atoms with Crippen LogP contribution < -0.4 is 26.8 Å². The van der Waals surface area contributed by atoms with Crippen LogP contribution in [0.5, 0.6) is 5.75 Å². The summed E-state index contributed by atoms with van der Waals surface area (Å²) in [7, 11) is 1.54. The second-order valence-electron chi connectivity index (χ2n) is 9.76. The average Bonchev–Trinajstić information content (AvgIpc) is 3.52. The Hall–Kier alpha value is -4.31. The van der Waals surface area contributed by atoms with Gasteiger partial charge in [0.2, 0.25) is 0 Å². The Labute approximate surface area is 213 Å². The second kappa shape index (κ2) is 8.97. The topological polar surface area (TPSA) is 153 Å². The van der Waals surface area contributed by atoms with E-state index in [2.05, 4.69) is 15.6 Å². The van der Waals surface area contributed by atoms with Crippen LogP contribution in [0.3, 0.4) is 0 Å². The van der Waals surface area contributed by atoms with E-state index in [9.17, 15) is 9.59 Å². The lowest BCUT2D eigenvalue weighted by atomic mass is 9.79. The molecule has 37 heavy (non-hydrogen) atoms. The fraction of sp³-hybridized carbons (Fsp3) is 0.296. The number of ether oxygens (including phenoxy) is 1. The van der Waals surface area contributed by atoms with Crippen molar-refractivity contribution in [2.75, 3.05) is 12.8 Å². The van der Waals surface area contributed by atoms with E-state index in [-0.39, 0.29) is 17.5 Å². The molecular weight excluding hydrogens is 470 g/mol. The number of para-hydroxylation sites is 1. The molecule has 1 aliphatic carbocycles. The monoisotopic (exact) mass is 499 g/mol. The molecule has 190 valence electrons. The lowest BCUT2D eigenvalue weighted by molar-refractivity contribution is 0.0946. The number of primary amides is 1. The fourth-order valence-electron chi connectivity index (χ4n) is 5.76. The molecule has 1 saturated carbocycles. The van der Waals surface area contributed by atoms with E-state index in [0.717, 1.165) is 34.9 Å². The molecule has 2 unspecified atom stereocenters. The van der Waals surface area contributed by atoms with E-state index >= 15 is 0 Å². The summed E-state index contributed by atoms with van der Waals surface area (Å²) in [4.78, 5) is 28.6. The normalized spacial score (nSPS) is 20.4. The van der Waals surface area contributed by atoms with E-state index in [4.69, 9.17) is 21.3 Å². The molecule has 2 amide bonds. The highest BCUT2D eigenvalue weighted by molar-refractivity contribution is 6.07. The van der Waals surface area contributed by atoms with Crippen LogP contribution in [0.4, 0.5) is 5.82 Å². The number of carbonyl (C=O) groups is 2. The van der Waals surface area contributed by atoms with Crippen LogP contribution in [-0.4, -0.2) is 45.8 Å². The minimum atomic E-state index is -0.602. The third-order valence-electron chi connectivity index (χ3n) is 7.55. The Balaban J connectivity index is 1.33. The molecule has 2 aromatic heterocycles. The standard InChI is InChI=1S/C27H29N7O3/c1-37-21-5-3-2-4-20(21)27(36)31-13-14-6-7-18(19-8-9-30-23(14)19)24-22(26(29)35)25(28)34(33-24)17-11-15-10-16(12-17)32-15/h2-9,15-17,30,32H,10-13,28H2,1H3,(H2,29,35)(H,31,36). The number of H-pyrrole nitrogens is 1. The molecule has 2 bridgehead atoms. The first kappa shape index (κ1) is 23.1. The summed E-state index contributed by atoms with van der Waals surface area (Å²) < 4.78 is 7.09. The number of nitrogens with one attached hydrogen (secondary N) is 3. The summed E-state index contributed by atoms with van der Waals surface area (Å²) in [5.74, 6) is -0.0114. The Morgan fingerprint density at radius 2 is 1.89 bits per heavy atom. The number of benzene rings is 2. The van der Waals surface area contributed by atoms with E-state index in [1.54, 1.807) is 22.9 Å². The Bertz CT molecular complexity index is 1510. The van der Waals surface area contributed by atoms with Gasteiger partial charge in [0.1, 0.15) is 22.8 Å². The third-order valence-corrected chi connectivity index (χ3v) is 7.55. The maximum Gasteiger partial charge on any atom is 0.255 e. The molecule has 3 fully saturated rings. The predicted molar refractivity (Wildman–Crippen MR) is 140 cm³/mol. The highest BCUT2D eigenvalue weighted by Gasteiger charge is 2.40. The number of rotatable bonds is 7. The fourth-order valence-corrected chi connectivity index (χ4v) is 5.76. The molecule has 0 spiro atoms. The van der Waals surface area contributed by atoms with Gasteiger partial charge < -0.3 is 31.8 Å². The number of hydrogen-bond donors (Lipinski definition) is 5. The van der Waals surface area contributed by atoms with Crippen molar-refractivity contribution < 1.29 is 14.3 Å². The molecule has 2 atom stereocenters. The zero-order chi connectivity index (χ0) is 25.7. The largest absolute Gasteiger partial charge is 0.496 e. The van der Waals surface area contributed by atoms with E-state index in [0.29, 0.717) is 41.5 Å². The highest BCUT2D eigenvalue weighted by Crippen LogP contribution is 2.40. The van der Waals surface area contributed by atoms with Gasteiger partial charge in [-0.3, -0.25) is 9.59 Å². The Morgan fingerprint density at radius 3 is 2.62 bits per heavy atom. The van der Waals surface area contributed by atoms with Crippen LogP contribution >= 0.6 is 0 Å². The number of hydrogen-bond acceptors (Lipinski definition) is 6. The zero-order valence-corrected chi connectivity index (χ0v) is 20.5. The minimum absolute atomic E-state index is 0.128. The van der Waals surface area contributed by atoms with Crippen molar-refractivity contribution in [1.82, 2.24) is 25.4 Å². The van der Waals surface area contributed by atoms with Crippen LogP contribution in [0.25, 0.3) is 22.2 Å². The van der Waals surface area contributed by atoms with Gasteiger partial charge in [0.05, 0.1) is 24.2 Å². The summed E-state index contributed by atoms with van der Waals surface area (Å²) in [5, 5.41) is 12.2. The first-order valence-corrected chi connectivity index (χ1v) is 12.4. The number of anilines is 1. The van der Waals surface area contributed by atoms with Crippen LogP contribution in [0, 0.1) is 0 Å². The Morgan fingerprint density at radius 1 is 1.14 bits per heavy atom. The van der Waals surface area contributed by atoms with Gasteiger partial charge >= 0.3 is 0 Å². The lowest BCUT2D eigenvalue weighted by Crippen LogP contribution is -2.58. The smallest absolute Gasteiger partial charge is 0.255 e. The third kappa shape index (κ3) is 3.89. The van der Waals surface area contributed by atoms with Gasteiger partial charge in [-0.25, -0.2) is 4.68 Å². The van der Waals surface area contributed by atoms with Crippen LogP contribution in [0.1, 0.15) is 51.6 Å². The number of aromatic nitrogens is 3. The first-order valence-electron chi connectivity index (χ1n) is 12.4. The minimum Gasteiger partial charge on any atom is -0.496 e. The van der Waals surface area contributed by atoms with Gasteiger partial charge in [-0.2, -0.15) is 5.10 Å². The lowest BCUT2D eigenvalue weighted by Gasteiger charge is -2.46. The number of fused-ring (bicyclic) bond motifs is 3. The maximum absolute atomic E-state index is 12.8. The van der Waals surface area contributed by atoms with E-state index in [1.165, 1.54) is 13.5 Å². The summed E-state index contributed by atoms with van der Waals surface area (Å²) in [6.45, 7) is 0.297. The number of piperidine rings is 1. The molecule has 3 aliphatic rings. The molecule has 0 radical (unpaired) electrons.